The molecule has 0 saturated carbocycles. The van der Waals surface area contributed by atoms with Crippen LogP contribution in [0.1, 0.15) is 30.1 Å². The van der Waals surface area contributed by atoms with E-state index in [9.17, 15) is 0 Å². The number of methoxy groups -OCH3 is 1. The third-order valence-electron chi connectivity index (χ3n) is 2.76. The third kappa shape index (κ3) is 1.62. The highest BCUT2D eigenvalue weighted by molar-refractivity contribution is 5.41. The van der Waals surface area contributed by atoms with Gasteiger partial charge in [0.25, 0.3) is 0 Å². The summed E-state index contributed by atoms with van der Waals surface area (Å²) in [6.07, 6.45) is 2.51. The van der Waals surface area contributed by atoms with Gasteiger partial charge in [-0.1, -0.05) is 12.1 Å². The molecule has 1 saturated heterocycles. The topological polar surface area (TPSA) is 18.5 Å². The first-order valence-corrected chi connectivity index (χ1v) is 5.08. The van der Waals surface area contributed by atoms with Gasteiger partial charge in [0.2, 0.25) is 0 Å². The summed E-state index contributed by atoms with van der Waals surface area (Å²) in [6, 6.07) is 6.14. The van der Waals surface area contributed by atoms with E-state index in [-0.39, 0.29) is 6.10 Å². The van der Waals surface area contributed by atoms with Gasteiger partial charge >= 0.3 is 0 Å². The van der Waals surface area contributed by atoms with Crippen LogP contribution in [0.25, 0.3) is 0 Å². The maximum atomic E-state index is 5.68. The minimum absolute atomic E-state index is 0.242. The van der Waals surface area contributed by atoms with E-state index < -0.39 is 0 Å². The van der Waals surface area contributed by atoms with Crippen molar-refractivity contribution in [2.24, 2.45) is 0 Å². The summed E-state index contributed by atoms with van der Waals surface area (Å²) in [6.45, 7) is 2.99. The van der Waals surface area contributed by atoms with Crippen LogP contribution in [0.5, 0.6) is 5.75 Å². The van der Waals surface area contributed by atoms with Crippen molar-refractivity contribution in [1.82, 2.24) is 0 Å². The molecule has 1 atom stereocenters. The second-order valence-corrected chi connectivity index (χ2v) is 3.69. The molecule has 1 unspecified atom stereocenters. The zero-order valence-corrected chi connectivity index (χ0v) is 8.75. The standard InChI is InChI=1S/C12H16O2/c1-9-5-3-6-10(13-2)12(9)11-7-4-8-14-11/h3,5-6,11H,4,7-8H2,1-2H3. The van der Waals surface area contributed by atoms with Crippen LogP contribution >= 0.6 is 0 Å². The minimum Gasteiger partial charge on any atom is -0.496 e. The zero-order chi connectivity index (χ0) is 9.97. The second kappa shape index (κ2) is 4.01. The number of aryl methyl sites for hydroxylation is 1. The molecule has 76 valence electrons. The molecule has 1 aromatic rings. The summed E-state index contributed by atoms with van der Waals surface area (Å²) in [5.74, 6) is 0.955. The summed E-state index contributed by atoms with van der Waals surface area (Å²) >= 11 is 0. The molecule has 14 heavy (non-hydrogen) atoms. The van der Waals surface area contributed by atoms with E-state index in [1.165, 1.54) is 11.1 Å². The van der Waals surface area contributed by atoms with Gasteiger partial charge in [0, 0.05) is 12.2 Å². The van der Waals surface area contributed by atoms with Gasteiger partial charge in [-0.05, 0) is 31.4 Å². The van der Waals surface area contributed by atoms with Crippen molar-refractivity contribution < 1.29 is 9.47 Å². The molecule has 0 spiro atoms. The van der Waals surface area contributed by atoms with Crippen LogP contribution in [0.3, 0.4) is 0 Å². The van der Waals surface area contributed by atoms with Gasteiger partial charge in [0.15, 0.2) is 0 Å². The molecule has 0 radical (unpaired) electrons. The van der Waals surface area contributed by atoms with Crippen LogP contribution in [0.4, 0.5) is 0 Å². The van der Waals surface area contributed by atoms with Gasteiger partial charge in [-0.2, -0.15) is 0 Å². The van der Waals surface area contributed by atoms with Crippen LogP contribution in [0.2, 0.25) is 0 Å². The maximum absolute atomic E-state index is 5.68. The Morgan fingerprint density at radius 1 is 1.43 bits per heavy atom. The van der Waals surface area contributed by atoms with Crippen molar-refractivity contribution in [1.29, 1.82) is 0 Å². The van der Waals surface area contributed by atoms with E-state index in [0.717, 1.165) is 25.2 Å². The van der Waals surface area contributed by atoms with Crippen LogP contribution in [-0.2, 0) is 4.74 Å². The van der Waals surface area contributed by atoms with Crippen molar-refractivity contribution >= 4 is 0 Å². The fourth-order valence-electron chi connectivity index (χ4n) is 2.05. The Labute approximate surface area is 84.8 Å². The first-order chi connectivity index (χ1) is 6.83. The van der Waals surface area contributed by atoms with Crippen molar-refractivity contribution in [3.63, 3.8) is 0 Å². The quantitative estimate of drug-likeness (QED) is 0.717. The molecular weight excluding hydrogens is 176 g/mol. The van der Waals surface area contributed by atoms with Crippen LogP contribution in [-0.4, -0.2) is 13.7 Å². The van der Waals surface area contributed by atoms with E-state index >= 15 is 0 Å². The number of rotatable bonds is 2. The van der Waals surface area contributed by atoms with E-state index in [4.69, 9.17) is 9.47 Å². The van der Waals surface area contributed by atoms with Crippen molar-refractivity contribution in [2.45, 2.75) is 25.9 Å². The van der Waals surface area contributed by atoms with Gasteiger partial charge in [-0.15, -0.1) is 0 Å². The molecule has 1 aliphatic rings. The largest absolute Gasteiger partial charge is 0.496 e. The number of hydrogen-bond donors (Lipinski definition) is 0. The lowest BCUT2D eigenvalue weighted by atomic mass is 10.0. The predicted molar refractivity (Wildman–Crippen MR) is 55.7 cm³/mol. The molecule has 0 aliphatic carbocycles. The van der Waals surface area contributed by atoms with E-state index in [0.29, 0.717) is 0 Å². The lowest BCUT2D eigenvalue weighted by molar-refractivity contribution is 0.109. The Morgan fingerprint density at radius 3 is 2.93 bits per heavy atom. The Morgan fingerprint density at radius 2 is 2.29 bits per heavy atom. The summed E-state index contributed by atoms with van der Waals surface area (Å²) in [5, 5.41) is 0. The number of ether oxygens (including phenoxy) is 2. The Bertz CT molecular complexity index is 314. The fraction of sp³-hybridized carbons (Fsp3) is 0.500. The molecule has 1 fully saturated rings. The monoisotopic (exact) mass is 192 g/mol. The number of hydrogen-bond acceptors (Lipinski definition) is 2. The molecule has 1 aliphatic heterocycles. The fourth-order valence-corrected chi connectivity index (χ4v) is 2.05. The molecule has 2 nitrogen and oxygen atoms in total. The van der Waals surface area contributed by atoms with Gasteiger partial charge < -0.3 is 9.47 Å². The van der Waals surface area contributed by atoms with Crippen molar-refractivity contribution in [2.75, 3.05) is 13.7 Å². The van der Waals surface area contributed by atoms with E-state index in [1.807, 2.05) is 12.1 Å². The average Bonchev–Trinajstić information content (AvgIpc) is 2.70. The van der Waals surface area contributed by atoms with Crippen LogP contribution < -0.4 is 4.74 Å². The highest BCUT2D eigenvalue weighted by Gasteiger charge is 2.22. The molecule has 2 heteroatoms. The van der Waals surface area contributed by atoms with Gasteiger partial charge in [0.05, 0.1) is 13.2 Å². The first-order valence-electron chi connectivity index (χ1n) is 5.08. The van der Waals surface area contributed by atoms with Gasteiger partial charge in [-0.3, -0.25) is 0 Å². The third-order valence-corrected chi connectivity index (χ3v) is 2.76. The highest BCUT2D eigenvalue weighted by atomic mass is 16.5. The molecule has 0 amide bonds. The van der Waals surface area contributed by atoms with Crippen molar-refractivity contribution in [3.8, 4) is 5.75 Å². The van der Waals surface area contributed by atoms with Gasteiger partial charge in [0.1, 0.15) is 5.75 Å². The molecule has 2 rings (SSSR count). The Balaban J connectivity index is 2.37. The van der Waals surface area contributed by atoms with Crippen LogP contribution in [0.15, 0.2) is 18.2 Å². The average molecular weight is 192 g/mol. The van der Waals surface area contributed by atoms with E-state index in [2.05, 4.69) is 13.0 Å². The van der Waals surface area contributed by atoms with Crippen LogP contribution in [0, 0.1) is 6.92 Å². The molecule has 1 aromatic carbocycles. The van der Waals surface area contributed by atoms with Gasteiger partial charge in [-0.25, -0.2) is 0 Å². The highest BCUT2D eigenvalue weighted by Crippen LogP contribution is 2.36. The zero-order valence-electron chi connectivity index (χ0n) is 8.75. The summed E-state index contributed by atoms with van der Waals surface area (Å²) in [5.41, 5.74) is 2.49. The maximum Gasteiger partial charge on any atom is 0.124 e. The van der Waals surface area contributed by atoms with E-state index in [1.54, 1.807) is 7.11 Å². The van der Waals surface area contributed by atoms with Crippen molar-refractivity contribution in [3.05, 3.63) is 29.3 Å². The molecule has 0 aromatic heterocycles. The Hall–Kier alpha value is -1.02. The summed E-state index contributed by atoms with van der Waals surface area (Å²) < 4.78 is 11.0. The molecule has 0 N–H and O–H groups in total. The summed E-state index contributed by atoms with van der Waals surface area (Å²) in [4.78, 5) is 0. The lowest BCUT2D eigenvalue weighted by Crippen LogP contribution is -2.01. The number of benzene rings is 1. The smallest absolute Gasteiger partial charge is 0.124 e. The SMILES string of the molecule is COc1cccc(C)c1C1CCCO1. The molecule has 0 bridgehead atoms. The predicted octanol–water partition coefficient (Wildman–Crippen LogP) is 2.86. The normalized spacial score (nSPS) is 21.1. The molecule has 1 heterocycles. The lowest BCUT2D eigenvalue weighted by Gasteiger charge is -2.16. The minimum atomic E-state index is 0.242. The second-order valence-electron chi connectivity index (χ2n) is 3.69. The first kappa shape index (κ1) is 9.53. The Kier molecular flexibility index (Phi) is 2.73. The summed E-state index contributed by atoms with van der Waals surface area (Å²) in [7, 11) is 1.72. The molecular formula is C12H16O2.